The third-order valence-corrected chi connectivity index (χ3v) is 2.07. The lowest BCUT2D eigenvalue weighted by Crippen LogP contribution is -2.55. The second kappa shape index (κ2) is 4.28. The van der Waals surface area contributed by atoms with E-state index in [9.17, 15) is 4.79 Å². The molecule has 14 heavy (non-hydrogen) atoms. The molecule has 0 fully saturated rings. The van der Waals surface area contributed by atoms with Crippen molar-refractivity contribution in [2.45, 2.75) is 46.2 Å². The zero-order valence-corrected chi connectivity index (χ0v) is 9.72. The van der Waals surface area contributed by atoms with Crippen molar-refractivity contribution in [1.82, 2.24) is 5.32 Å². The van der Waals surface area contributed by atoms with Gasteiger partial charge in [0.15, 0.2) is 0 Å². The number of carbonyl (C=O) groups excluding carboxylic acids is 1. The van der Waals surface area contributed by atoms with Crippen LogP contribution >= 0.6 is 0 Å². The van der Waals surface area contributed by atoms with Crippen molar-refractivity contribution in [2.24, 2.45) is 11.1 Å². The Morgan fingerprint density at radius 2 is 1.79 bits per heavy atom. The molecule has 1 amide bonds. The molecule has 4 nitrogen and oxygen atoms in total. The molecule has 84 valence electrons. The molecule has 0 rings (SSSR count). The highest BCUT2D eigenvalue weighted by Crippen LogP contribution is 2.17. The van der Waals surface area contributed by atoms with E-state index < -0.39 is 11.6 Å². The Labute approximate surface area is 85.9 Å². The zero-order valence-electron chi connectivity index (χ0n) is 9.72. The minimum Gasteiger partial charge on any atom is -0.394 e. The van der Waals surface area contributed by atoms with Crippen LogP contribution in [0.1, 0.15) is 34.6 Å². The fourth-order valence-corrected chi connectivity index (χ4v) is 0.844. The van der Waals surface area contributed by atoms with Gasteiger partial charge in [-0.05, 0) is 19.3 Å². The average molecular weight is 202 g/mol. The van der Waals surface area contributed by atoms with Crippen molar-refractivity contribution in [2.75, 3.05) is 6.61 Å². The summed E-state index contributed by atoms with van der Waals surface area (Å²) in [6, 6.07) is -0.562. The van der Waals surface area contributed by atoms with Crippen molar-refractivity contribution in [1.29, 1.82) is 0 Å². The first kappa shape index (κ1) is 13.4. The molecule has 0 saturated heterocycles. The molecular formula is C10H22N2O2. The van der Waals surface area contributed by atoms with Gasteiger partial charge in [-0.2, -0.15) is 0 Å². The summed E-state index contributed by atoms with van der Waals surface area (Å²) in [4.78, 5) is 11.6. The Bertz CT molecular complexity index is 207. The van der Waals surface area contributed by atoms with E-state index in [-0.39, 0.29) is 17.9 Å². The molecule has 0 aliphatic carbocycles. The van der Waals surface area contributed by atoms with Crippen LogP contribution in [0.25, 0.3) is 0 Å². The van der Waals surface area contributed by atoms with Crippen LogP contribution < -0.4 is 11.1 Å². The number of hydrogen-bond donors (Lipinski definition) is 3. The molecule has 1 atom stereocenters. The first-order chi connectivity index (χ1) is 6.10. The molecule has 0 aromatic carbocycles. The van der Waals surface area contributed by atoms with Crippen LogP contribution in [0.5, 0.6) is 0 Å². The second-order valence-corrected chi connectivity index (χ2v) is 5.37. The zero-order chi connectivity index (χ0) is 11.6. The molecule has 0 bridgehead atoms. The van der Waals surface area contributed by atoms with Gasteiger partial charge >= 0.3 is 0 Å². The molecule has 0 aliphatic rings. The third kappa shape index (κ3) is 4.07. The van der Waals surface area contributed by atoms with Gasteiger partial charge in [-0.25, -0.2) is 0 Å². The van der Waals surface area contributed by atoms with E-state index in [4.69, 9.17) is 10.8 Å². The maximum Gasteiger partial charge on any atom is 0.237 e. The van der Waals surface area contributed by atoms with Gasteiger partial charge in [0.25, 0.3) is 0 Å². The molecule has 4 heteroatoms. The van der Waals surface area contributed by atoms with Gasteiger partial charge in [0.2, 0.25) is 5.91 Å². The van der Waals surface area contributed by atoms with Gasteiger partial charge in [0, 0.05) is 0 Å². The van der Waals surface area contributed by atoms with Gasteiger partial charge in [-0.1, -0.05) is 20.8 Å². The smallest absolute Gasteiger partial charge is 0.237 e. The normalized spacial score (nSPS) is 15.1. The van der Waals surface area contributed by atoms with Crippen molar-refractivity contribution in [3.05, 3.63) is 0 Å². The quantitative estimate of drug-likeness (QED) is 0.614. The highest BCUT2D eigenvalue weighted by atomic mass is 16.3. The van der Waals surface area contributed by atoms with Crippen molar-refractivity contribution in [3.63, 3.8) is 0 Å². The lowest BCUT2D eigenvalue weighted by molar-refractivity contribution is -0.126. The molecule has 0 aromatic rings. The van der Waals surface area contributed by atoms with Crippen LogP contribution in [0.4, 0.5) is 0 Å². The van der Waals surface area contributed by atoms with Gasteiger partial charge in [-0.15, -0.1) is 0 Å². The molecule has 0 heterocycles. The number of rotatable bonds is 3. The molecule has 0 radical (unpaired) electrons. The minimum atomic E-state index is -0.611. The summed E-state index contributed by atoms with van der Waals surface area (Å²) in [7, 11) is 0. The second-order valence-electron chi connectivity index (χ2n) is 5.37. The standard InChI is InChI=1S/C10H22N2O2/c1-9(2,3)7(11)8(14)12-10(4,5)6-13/h7,13H,6,11H2,1-5H3,(H,12,14)/t7-/m0/s1. The number of hydrogen-bond acceptors (Lipinski definition) is 3. The Morgan fingerprint density at radius 1 is 1.36 bits per heavy atom. The number of carbonyl (C=O) groups is 1. The lowest BCUT2D eigenvalue weighted by atomic mass is 9.86. The van der Waals surface area contributed by atoms with Crippen LogP contribution in [0.2, 0.25) is 0 Å². The largest absolute Gasteiger partial charge is 0.394 e. The van der Waals surface area contributed by atoms with Gasteiger partial charge in [0.05, 0.1) is 18.2 Å². The van der Waals surface area contributed by atoms with E-state index in [1.807, 2.05) is 20.8 Å². The maximum absolute atomic E-state index is 11.6. The number of amides is 1. The van der Waals surface area contributed by atoms with Crippen molar-refractivity contribution in [3.8, 4) is 0 Å². The van der Waals surface area contributed by atoms with Gasteiger partial charge < -0.3 is 16.2 Å². The fourth-order valence-electron chi connectivity index (χ4n) is 0.844. The highest BCUT2D eigenvalue weighted by molar-refractivity contribution is 5.82. The Hall–Kier alpha value is -0.610. The highest BCUT2D eigenvalue weighted by Gasteiger charge is 2.30. The topological polar surface area (TPSA) is 75.3 Å². The van der Waals surface area contributed by atoms with E-state index >= 15 is 0 Å². The van der Waals surface area contributed by atoms with Crippen LogP contribution in [0.15, 0.2) is 0 Å². The van der Waals surface area contributed by atoms with Crippen LogP contribution in [-0.2, 0) is 4.79 Å². The monoisotopic (exact) mass is 202 g/mol. The van der Waals surface area contributed by atoms with E-state index in [1.54, 1.807) is 13.8 Å². The summed E-state index contributed by atoms with van der Waals surface area (Å²) in [5.74, 6) is -0.225. The first-order valence-electron chi connectivity index (χ1n) is 4.78. The fraction of sp³-hybridized carbons (Fsp3) is 0.900. The lowest BCUT2D eigenvalue weighted by Gasteiger charge is -2.30. The summed E-state index contributed by atoms with van der Waals surface area (Å²) in [5, 5.41) is 11.7. The van der Waals surface area contributed by atoms with Crippen LogP contribution in [0, 0.1) is 5.41 Å². The predicted molar refractivity (Wildman–Crippen MR) is 56.7 cm³/mol. The SMILES string of the molecule is CC(C)(CO)NC(=O)[C@H](N)C(C)(C)C. The van der Waals surface area contributed by atoms with E-state index in [2.05, 4.69) is 5.32 Å². The molecule has 0 aliphatic heterocycles. The average Bonchev–Trinajstić information content (AvgIpc) is 2.00. The molecular weight excluding hydrogens is 180 g/mol. The number of nitrogens with two attached hydrogens (primary N) is 1. The van der Waals surface area contributed by atoms with Gasteiger partial charge in [-0.3, -0.25) is 4.79 Å². The van der Waals surface area contributed by atoms with Crippen LogP contribution in [-0.4, -0.2) is 29.2 Å². The summed E-state index contributed by atoms with van der Waals surface area (Å²) in [6.45, 7) is 9.12. The Balaban J connectivity index is 4.37. The van der Waals surface area contributed by atoms with E-state index in [1.165, 1.54) is 0 Å². The van der Waals surface area contributed by atoms with Gasteiger partial charge in [0.1, 0.15) is 0 Å². The number of aliphatic hydroxyl groups is 1. The summed E-state index contributed by atoms with van der Waals surface area (Å²) in [5.41, 5.74) is 4.88. The minimum absolute atomic E-state index is 0.102. The van der Waals surface area contributed by atoms with E-state index in [0.717, 1.165) is 0 Å². The third-order valence-electron chi connectivity index (χ3n) is 2.07. The van der Waals surface area contributed by atoms with Crippen molar-refractivity contribution < 1.29 is 9.90 Å². The Morgan fingerprint density at radius 3 is 2.07 bits per heavy atom. The summed E-state index contributed by atoms with van der Waals surface area (Å²) < 4.78 is 0. The maximum atomic E-state index is 11.6. The van der Waals surface area contributed by atoms with Crippen molar-refractivity contribution >= 4 is 5.91 Å². The predicted octanol–water partition coefficient (Wildman–Crippen LogP) is 0.247. The molecule has 4 N–H and O–H groups in total. The molecule has 0 spiro atoms. The molecule has 0 unspecified atom stereocenters. The van der Waals surface area contributed by atoms with Crippen LogP contribution in [0.3, 0.4) is 0 Å². The van der Waals surface area contributed by atoms with E-state index in [0.29, 0.717) is 0 Å². The number of aliphatic hydroxyl groups excluding tert-OH is 1. The Kier molecular flexibility index (Phi) is 4.09. The molecule has 0 saturated carbocycles. The summed E-state index contributed by atoms with van der Waals surface area (Å²) >= 11 is 0. The first-order valence-corrected chi connectivity index (χ1v) is 4.78. The molecule has 0 aromatic heterocycles. The summed E-state index contributed by atoms with van der Waals surface area (Å²) in [6.07, 6.45) is 0. The number of nitrogens with one attached hydrogen (secondary N) is 1.